The van der Waals surface area contributed by atoms with Crippen LogP contribution in [-0.4, -0.2) is 38.8 Å². The number of hydrogen-bond donors (Lipinski definition) is 2. The van der Waals surface area contributed by atoms with Gasteiger partial charge in [-0.15, -0.1) is 22.7 Å². The largest absolute Gasteiger partial charge is 0.356 e. The molecule has 3 aromatic rings. The second-order valence-corrected chi connectivity index (χ2v) is 7.73. The van der Waals surface area contributed by atoms with Crippen LogP contribution >= 0.6 is 22.7 Å². The lowest BCUT2D eigenvalue weighted by Gasteiger charge is -2.13. The standard InChI is InChI=1S/C16H19N7S2/c1-10(2)23-7-11(6-19-23)14-20-12(8-24-14)13-9-25-16(21-13)22-15-17-4-3-5-18-15/h6-10H,3-5H2,1-2H3,(H2,17,18,21,22). The van der Waals surface area contributed by atoms with E-state index in [2.05, 4.69) is 39.6 Å². The van der Waals surface area contributed by atoms with Crippen LogP contribution < -0.4 is 10.6 Å². The Balaban J connectivity index is 1.51. The normalized spacial score (nSPS) is 14.4. The van der Waals surface area contributed by atoms with Crippen LogP contribution in [0.3, 0.4) is 0 Å². The minimum Gasteiger partial charge on any atom is -0.356 e. The topological polar surface area (TPSA) is 80.0 Å². The maximum Gasteiger partial charge on any atom is 0.197 e. The van der Waals surface area contributed by atoms with Crippen LogP contribution in [0.15, 0.2) is 28.1 Å². The van der Waals surface area contributed by atoms with Gasteiger partial charge in [-0.1, -0.05) is 0 Å². The van der Waals surface area contributed by atoms with Gasteiger partial charge in [0, 0.05) is 41.7 Å². The minimum absolute atomic E-state index is 0.344. The highest BCUT2D eigenvalue weighted by Crippen LogP contribution is 2.30. The van der Waals surface area contributed by atoms with Crippen molar-refractivity contribution in [1.29, 1.82) is 0 Å². The molecule has 0 saturated carbocycles. The lowest BCUT2D eigenvalue weighted by Crippen LogP contribution is -2.35. The molecule has 0 spiro atoms. The first-order valence-electron chi connectivity index (χ1n) is 8.20. The van der Waals surface area contributed by atoms with E-state index in [9.17, 15) is 0 Å². The second kappa shape index (κ2) is 6.93. The van der Waals surface area contributed by atoms with Crippen LogP contribution in [0.25, 0.3) is 22.0 Å². The molecule has 0 bridgehead atoms. The number of thiazole rings is 2. The van der Waals surface area contributed by atoms with E-state index in [4.69, 9.17) is 4.98 Å². The number of guanidine groups is 1. The molecule has 1 aliphatic heterocycles. The van der Waals surface area contributed by atoms with Gasteiger partial charge in [-0.05, 0) is 20.3 Å². The first-order chi connectivity index (χ1) is 12.2. The highest BCUT2D eigenvalue weighted by atomic mass is 32.1. The average molecular weight is 374 g/mol. The number of hydrogen-bond acceptors (Lipinski definition) is 8. The molecule has 1 aliphatic rings. The molecule has 0 saturated heterocycles. The van der Waals surface area contributed by atoms with Crippen molar-refractivity contribution in [2.75, 3.05) is 18.4 Å². The third-order valence-corrected chi connectivity index (χ3v) is 5.42. The van der Waals surface area contributed by atoms with E-state index >= 15 is 0 Å². The van der Waals surface area contributed by atoms with E-state index < -0.39 is 0 Å². The van der Waals surface area contributed by atoms with E-state index in [0.717, 1.165) is 52.6 Å². The quantitative estimate of drug-likeness (QED) is 0.732. The van der Waals surface area contributed by atoms with E-state index in [1.807, 2.05) is 27.8 Å². The van der Waals surface area contributed by atoms with Crippen molar-refractivity contribution in [3.63, 3.8) is 0 Å². The molecule has 25 heavy (non-hydrogen) atoms. The molecule has 9 heteroatoms. The molecule has 0 radical (unpaired) electrons. The van der Waals surface area contributed by atoms with Crippen LogP contribution in [0.2, 0.25) is 0 Å². The molecule has 130 valence electrons. The Bertz CT molecular complexity index is 890. The van der Waals surface area contributed by atoms with Gasteiger partial charge >= 0.3 is 0 Å². The molecule has 3 aromatic heterocycles. The van der Waals surface area contributed by atoms with Crippen molar-refractivity contribution in [3.05, 3.63) is 23.2 Å². The zero-order valence-corrected chi connectivity index (χ0v) is 15.7. The highest BCUT2D eigenvalue weighted by Gasteiger charge is 2.13. The van der Waals surface area contributed by atoms with Crippen molar-refractivity contribution in [2.24, 2.45) is 4.99 Å². The van der Waals surface area contributed by atoms with Crippen molar-refractivity contribution in [1.82, 2.24) is 25.1 Å². The Labute approximate surface area is 153 Å². The summed E-state index contributed by atoms with van der Waals surface area (Å²) in [6.45, 7) is 6.02. The molecule has 0 amide bonds. The molecule has 0 unspecified atom stereocenters. The Kier molecular flexibility index (Phi) is 4.50. The fourth-order valence-electron chi connectivity index (χ4n) is 2.42. The van der Waals surface area contributed by atoms with Gasteiger partial charge in [-0.25, -0.2) is 9.97 Å². The predicted molar refractivity (Wildman–Crippen MR) is 103 cm³/mol. The molecule has 0 atom stereocenters. The number of aliphatic imine (C=N–C) groups is 1. The lowest BCUT2D eigenvalue weighted by molar-refractivity contribution is 0.532. The first kappa shape index (κ1) is 16.2. The summed E-state index contributed by atoms with van der Waals surface area (Å²) >= 11 is 3.17. The van der Waals surface area contributed by atoms with Crippen molar-refractivity contribution < 1.29 is 0 Å². The highest BCUT2D eigenvalue weighted by molar-refractivity contribution is 7.14. The Hall–Kier alpha value is -2.26. The zero-order chi connectivity index (χ0) is 17.2. The van der Waals surface area contributed by atoms with Gasteiger partial charge in [0.2, 0.25) is 0 Å². The van der Waals surface area contributed by atoms with E-state index in [1.54, 1.807) is 22.7 Å². The number of anilines is 1. The minimum atomic E-state index is 0.344. The first-order valence-corrected chi connectivity index (χ1v) is 9.96. The molecule has 0 fully saturated rings. The number of nitrogens with zero attached hydrogens (tertiary/aromatic N) is 5. The Morgan fingerprint density at radius 1 is 1.20 bits per heavy atom. The molecular formula is C16H19N7S2. The third-order valence-electron chi connectivity index (χ3n) is 3.77. The number of aromatic nitrogens is 4. The SMILES string of the molecule is CC(C)n1cc(-c2nc(-c3csc(NC4=NCCCN4)n3)cs2)cn1. The van der Waals surface area contributed by atoms with Gasteiger partial charge < -0.3 is 10.6 Å². The average Bonchev–Trinajstić information content (AvgIpc) is 3.35. The summed E-state index contributed by atoms with van der Waals surface area (Å²) < 4.78 is 1.94. The molecular weight excluding hydrogens is 354 g/mol. The summed E-state index contributed by atoms with van der Waals surface area (Å²) in [5, 5.41) is 16.7. The predicted octanol–water partition coefficient (Wildman–Crippen LogP) is 3.47. The van der Waals surface area contributed by atoms with Gasteiger partial charge in [0.05, 0.1) is 6.20 Å². The molecule has 0 aromatic carbocycles. The maximum absolute atomic E-state index is 4.72. The number of nitrogens with one attached hydrogen (secondary N) is 2. The van der Waals surface area contributed by atoms with E-state index in [-0.39, 0.29) is 0 Å². The number of rotatable bonds is 4. The van der Waals surface area contributed by atoms with Crippen LogP contribution in [0.5, 0.6) is 0 Å². The fraction of sp³-hybridized carbons (Fsp3) is 0.375. The van der Waals surface area contributed by atoms with Crippen LogP contribution in [0.1, 0.15) is 26.3 Å². The summed E-state index contributed by atoms with van der Waals surface area (Å²) in [5.74, 6) is 0.798. The van der Waals surface area contributed by atoms with Gasteiger partial charge in [0.15, 0.2) is 11.1 Å². The molecule has 7 nitrogen and oxygen atoms in total. The summed E-state index contributed by atoms with van der Waals surface area (Å²) in [4.78, 5) is 13.7. The van der Waals surface area contributed by atoms with E-state index in [0.29, 0.717) is 6.04 Å². The summed E-state index contributed by atoms with van der Waals surface area (Å²) in [6.07, 6.45) is 4.97. The van der Waals surface area contributed by atoms with Crippen LogP contribution in [0.4, 0.5) is 5.13 Å². The summed E-state index contributed by atoms with van der Waals surface area (Å²) in [7, 11) is 0. The molecule has 4 heterocycles. The van der Waals surface area contributed by atoms with Crippen molar-refractivity contribution in [3.8, 4) is 22.0 Å². The third kappa shape index (κ3) is 3.57. The second-order valence-electron chi connectivity index (χ2n) is 6.01. The van der Waals surface area contributed by atoms with Gasteiger partial charge in [-0.2, -0.15) is 5.10 Å². The Morgan fingerprint density at radius 2 is 2.04 bits per heavy atom. The fourth-order valence-corrected chi connectivity index (χ4v) is 3.91. The summed E-state index contributed by atoms with van der Waals surface area (Å²) in [5.41, 5.74) is 2.81. The maximum atomic E-state index is 4.72. The molecule has 2 N–H and O–H groups in total. The lowest BCUT2D eigenvalue weighted by atomic mass is 10.3. The van der Waals surface area contributed by atoms with Gasteiger partial charge in [-0.3, -0.25) is 9.67 Å². The molecule has 4 rings (SSSR count). The van der Waals surface area contributed by atoms with Crippen LogP contribution in [0, 0.1) is 0 Å². The molecule has 0 aliphatic carbocycles. The van der Waals surface area contributed by atoms with Gasteiger partial charge in [0.1, 0.15) is 16.4 Å². The Morgan fingerprint density at radius 3 is 2.80 bits per heavy atom. The monoisotopic (exact) mass is 373 g/mol. The van der Waals surface area contributed by atoms with Gasteiger partial charge in [0.25, 0.3) is 0 Å². The van der Waals surface area contributed by atoms with E-state index in [1.165, 1.54) is 0 Å². The summed E-state index contributed by atoms with van der Waals surface area (Å²) in [6, 6.07) is 0.344. The smallest absolute Gasteiger partial charge is 0.197 e. The zero-order valence-electron chi connectivity index (χ0n) is 14.1. The van der Waals surface area contributed by atoms with Crippen LogP contribution in [-0.2, 0) is 0 Å². The van der Waals surface area contributed by atoms with Crippen molar-refractivity contribution >= 4 is 33.8 Å². The van der Waals surface area contributed by atoms with Crippen molar-refractivity contribution in [2.45, 2.75) is 26.3 Å².